The molecule has 1 aliphatic carbocycles. The van der Waals surface area contributed by atoms with E-state index in [1.165, 1.54) is 12.8 Å². The van der Waals surface area contributed by atoms with Gasteiger partial charge >= 0.3 is 6.01 Å². The molecule has 1 saturated carbocycles. The first-order chi connectivity index (χ1) is 9.78. The summed E-state index contributed by atoms with van der Waals surface area (Å²) < 4.78 is 10.7. The molecular formula is C13H23N5O2. The van der Waals surface area contributed by atoms with Gasteiger partial charge in [0.05, 0.1) is 13.2 Å². The van der Waals surface area contributed by atoms with Crippen molar-refractivity contribution in [2.45, 2.75) is 32.2 Å². The summed E-state index contributed by atoms with van der Waals surface area (Å²) in [6, 6.07) is 0.889. The van der Waals surface area contributed by atoms with Gasteiger partial charge in [0.25, 0.3) is 0 Å². The standard InChI is InChI=1S/C13H23N5O2/c1-4-8-20-13-16-11(14-2)15-12(17-13)18(7-9-19-3)10-5-6-10/h10H,4-9H2,1-3H3,(H,14,15,16,17). The molecule has 1 heterocycles. The Hall–Kier alpha value is -1.63. The maximum Gasteiger partial charge on any atom is 0.323 e. The number of nitrogens with one attached hydrogen (secondary N) is 1. The number of hydrogen-bond acceptors (Lipinski definition) is 7. The first-order valence-corrected chi connectivity index (χ1v) is 7.10. The molecule has 1 aromatic heterocycles. The third kappa shape index (κ3) is 3.93. The third-order valence-corrected chi connectivity index (χ3v) is 3.04. The molecule has 7 heteroatoms. The van der Waals surface area contributed by atoms with Crippen molar-refractivity contribution in [3.63, 3.8) is 0 Å². The maximum atomic E-state index is 5.53. The van der Waals surface area contributed by atoms with Crippen LogP contribution in [0.3, 0.4) is 0 Å². The van der Waals surface area contributed by atoms with E-state index in [1.807, 2.05) is 0 Å². The average molecular weight is 281 g/mol. The minimum atomic E-state index is 0.379. The number of ether oxygens (including phenoxy) is 2. The molecule has 0 spiro atoms. The Balaban J connectivity index is 2.18. The van der Waals surface area contributed by atoms with Crippen molar-refractivity contribution in [3.8, 4) is 6.01 Å². The number of rotatable bonds is 9. The molecule has 1 aliphatic rings. The first-order valence-electron chi connectivity index (χ1n) is 7.10. The van der Waals surface area contributed by atoms with E-state index in [2.05, 4.69) is 32.1 Å². The zero-order valence-electron chi connectivity index (χ0n) is 12.4. The van der Waals surface area contributed by atoms with E-state index in [-0.39, 0.29) is 0 Å². The maximum absolute atomic E-state index is 5.53. The Bertz CT molecular complexity index is 425. The Morgan fingerprint density at radius 2 is 2.05 bits per heavy atom. The van der Waals surface area contributed by atoms with Crippen LogP contribution in [0, 0.1) is 0 Å². The van der Waals surface area contributed by atoms with E-state index in [0.717, 1.165) is 13.0 Å². The average Bonchev–Trinajstić information content (AvgIpc) is 3.30. The quantitative estimate of drug-likeness (QED) is 0.731. The van der Waals surface area contributed by atoms with Crippen LogP contribution in [0.4, 0.5) is 11.9 Å². The van der Waals surface area contributed by atoms with Gasteiger partial charge in [-0.1, -0.05) is 6.92 Å². The molecule has 112 valence electrons. The highest BCUT2D eigenvalue weighted by atomic mass is 16.5. The van der Waals surface area contributed by atoms with E-state index < -0.39 is 0 Å². The SMILES string of the molecule is CCCOc1nc(NC)nc(N(CCOC)C2CC2)n1. The van der Waals surface area contributed by atoms with Gasteiger partial charge in [0.2, 0.25) is 11.9 Å². The molecule has 0 bridgehead atoms. The molecule has 0 atom stereocenters. The molecule has 1 fully saturated rings. The van der Waals surface area contributed by atoms with Crippen LogP contribution < -0.4 is 15.0 Å². The molecule has 7 nitrogen and oxygen atoms in total. The molecule has 20 heavy (non-hydrogen) atoms. The second-order valence-corrected chi connectivity index (χ2v) is 4.76. The van der Waals surface area contributed by atoms with E-state index in [0.29, 0.717) is 37.2 Å². The van der Waals surface area contributed by atoms with Gasteiger partial charge in [-0.15, -0.1) is 0 Å². The van der Waals surface area contributed by atoms with Crippen LogP contribution in [0.1, 0.15) is 26.2 Å². The smallest absolute Gasteiger partial charge is 0.323 e. The van der Waals surface area contributed by atoms with Crippen molar-refractivity contribution in [2.75, 3.05) is 44.1 Å². The highest BCUT2D eigenvalue weighted by Gasteiger charge is 2.31. The molecular weight excluding hydrogens is 258 g/mol. The summed E-state index contributed by atoms with van der Waals surface area (Å²) in [5.74, 6) is 1.19. The van der Waals surface area contributed by atoms with Gasteiger partial charge in [-0.25, -0.2) is 0 Å². The lowest BCUT2D eigenvalue weighted by molar-refractivity contribution is 0.204. The van der Waals surface area contributed by atoms with Gasteiger partial charge in [-0.2, -0.15) is 15.0 Å². The van der Waals surface area contributed by atoms with Crippen LogP contribution in [0.2, 0.25) is 0 Å². The zero-order chi connectivity index (χ0) is 14.4. The molecule has 0 amide bonds. The van der Waals surface area contributed by atoms with Gasteiger partial charge in [-0.05, 0) is 19.3 Å². The van der Waals surface area contributed by atoms with E-state index in [9.17, 15) is 0 Å². The van der Waals surface area contributed by atoms with Gasteiger partial charge in [0.15, 0.2) is 0 Å². The monoisotopic (exact) mass is 281 g/mol. The van der Waals surface area contributed by atoms with Crippen molar-refractivity contribution < 1.29 is 9.47 Å². The van der Waals surface area contributed by atoms with Crippen LogP contribution >= 0.6 is 0 Å². The topological polar surface area (TPSA) is 72.4 Å². The van der Waals surface area contributed by atoms with Gasteiger partial charge in [0.1, 0.15) is 0 Å². The minimum Gasteiger partial charge on any atom is -0.463 e. The number of hydrogen-bond donors (Lipinski definition) is 1. The van der Waals surface area contributed by atoms with Crippen LogP contribution in [-0.4, -0.2) is 54.9 Å². The van der Waals surface area contributed by atoms with Crippen molar-refractivity contribution in [1.82, 2.24) is 15.0 Å². The third-order valence-electron chi connectivity index (χ3n) is 3.04. The number of anilines is 2. The number of methoxy groups -OCH3 is 1. The Kier molecular flexibility index (Phi) is 5.34. The van der Waals surface area contributed by atoms with E-state index in [1.54, 1.807) is 14.2 Å². The van der Waals surface area contributed by atoms with Crippen LogP contribution in [-0.2, 0) is 4.74 Å². The van der Waals surface area contributed by atoms with Crippen molar-refractivity contribution in [2.24, 2.45) is 0 Å². The summed E-state index contributed by atoms with van der Waals surface area (Å²) in [5, 5.41) is 2.95. The molecule has 0 aliphatic heterocycles. The van der Waals surface area contributed by atoms with Crippen LogP contribution in [0.5, 0.6) is 6.01 Å². The lowest BCUT2D eigenvalue weighted by atomic mass is 10.5. The minimum absolute atomic E-state index is 0.379. The van der Waals surface area contributed by atoms with Crippen molar-refractivity contribution in [1.29, 1.82) is 0 Å². The number of aromatic nitrogens is 3. The Labute approximate surface area is 119 Å². The molecule has 0 aromatic carbocycles. The predicted molar refractivity (Wildman–Crippen MR) is 77.4 cm³/mol. The molecule has 0 unspecified atom stereocenters. The highest BCUT2D eigenvalue weighted by Crippen LogP contribution is 2.30. The lowest BCUT2D eigenvalue weighted by Gasteiger charge is -2.22. The number of nitrogens with zero attached hydrogens (tertiary/aromatic N) is 4. The fourth-order valence-electron chi connectivity index (χ4n) is 1.87. The van der Waals surface area contributed by atoms with E-state index in [4.69, 9.17) is 9.47 Å². The largest absolute Gasteiger partial charge is 0.463 e. The van der Waals surface area contributed by atoms with Crippen LogP contribution in [0.15, 0.2) is 0 Å². The Morgan fingerprint density at radius 1 is 1.25 bits per heavy atom. The summed E-state index contributed by atoms with van der Waals surface area (Å²) in [6.07, 6.45) is 3.27. The molecule has 1 N–H and O–H groups in total. The summed E-state index contributed by atoms with van der Waals surface area (Å²) in [7, 11) is 3.49. The molecule has 0 saturated heterocycles. The fourth-order valence-corrected chi connectivity index (χ4v) is 1.87. The fraction of sp³-hybridized carbons (Fsp3) is 0.769. The summed E-state index contributed by atoms with van der Waals surface area (Å²) in [5.41, 5.74) is 0. The normalized spacial score (nSPS) is 14.2. The lowest BCUT2D eigenvalue weighted by Crippen LogP contribution is -2.31. The van der Waals surface area contributed by atoms with Crippen molar-refractivity contribution in [3.05, 3.63) is 0 Å². The van der Waals surface area contributed by atoms with Crippen molar-refractivity contribution >= 4 is 11.9 Å². The second kappa shape index (κ2) is 7.23. The first kappa shape index (κ1) is 14.8. The molecule has 1 aromatic rings. The van der Waals surface area contributed by atoms with Crippen LogP contribution in [0.25, 0.3) is 0 Å². The molecule has 0 radical (unpaired) electrons. The van der Waals surface area contributed by atoms with Gasteiger partial charge in [-0.3, -0.25) is 0 Å². The second-order valence-electron chi connectivity index (χ2n) is 4.76. The van der Waals surface area contributed by atoms with Gasteiger partial charge in [0, 0.05) is 26.7 Å². The summed E-state index contributed by atoms with van der Waals surface area (Å²) >= 11 is 0. The predicted octanol–water partition coefficient (Wildman–Crippen LogP) is 1.32. The van der Waals surface area contributed by atoms with E-state index >= 15 is 0 Å². The highest BCUT2D eigenvalue weighted by molar-refractivity contribution is 5.40. The summed E-state index contributed by atoms with van der Waals surface area (Å²) in [6.45, 7) is 4.09. The Morgan fingerprint density at radius 3 is 2.65 bits per heavy atom. The molecule has 2 rings (SSSR count). The summed E-state index contributed by atoms with van der Waals surface area (Å²) in [4.78, 5) is 15.2. The zero-order valence-corrected chi connectivity index (χ0v) is 12.4. The van der Waals surface area contributed by atoms with Gasteiger partial charge < -0.3 is 19.7 Å².